The first kappa shape index (κ1) is 22.7. The van der Waals surface area contributed by atoms with Gasteiger partial charge in [-0.1, -0.05) is 49.6 Å². The third-order valence-corrected chi connectivity index (χ3v) is 5.14. The number of benzene rings is 2. The molecule has 1 atom stereocenters. The number of carbonyl (C=O) groups excluding carboxylic acids is 2. The zero-order chi connectivity index (χ0) is 19.9. The predicted octanol–water partition coefficient (Wildman–Crippen LogP) is 4.27. The van der Waals surface area contributed by atoms with E-state index < -0.39 is 6.04 Å². The molecular formula is C22H28ClN3O3. The first-order valence-electron chi connectivity index (χ1n) is 9.69. The van der Waals surface area contributed by atoms with Crippen LogP contribution < -0.4 is 21.1 Å². The highest BCUT2D eigenvalue weighted by Crippen LogP contribution is 2.31. The van der Waals surface area contributed by atoms with E-state index in [-0.39, 0.29) is 30.1 Å². The van der Waals surface area contributed by atoms with Gasteiger partial charge in [0.15, 0.2) is 0 Å². The standard InChI is InChI=1S/C22H27N3O3.ClH/c1-28-19-13-12-17(24-22(27)20(23)15-8-4-2-5-9-15)14-18(19)25-21(26)16-10-6-3-7-11-16;/h2,4-5,8-9,12-14,16,20H,3,6-7,10-11,23H2,1H3,(H,24,27)(H,25,26);1H. The first-order chi connectivity index (χ1) is 13.6. The largest absolute Gasteiger partial charge is 0.495 e. The topological polar surface area (TPSA) is 93.4 Å². The molecule has 0 radical (unpaired) electrons. The van der Waals surface area contributed by atoms with E-state index in [1.165, 1.54) is 6.42 Å². The lowest BCUT2D eigenvalue weighted by Crippen LogP contribution is -2.28. The van der Waals surface area contributed by atoms with Crippen molar-refractivity contribution >= 4 is 35.6 Å². The summed E-state index contributed by atoms with van der Waals surface area (Å²) in [5, 5.41) is 5.77. The SMILES string of the molecule is COc1ccc(NC(=O)C(N)c2ccccc2)cc1NC(=O)C1CCCCC1.Cl. The molecule has 29 heavy (non-hydrogen) atoms. The number of halogens is 1. The van der Waals surface area contributed by atoms with Gasteiger partial charge < -0.3 is 21.1 Å². The van der Waals surface area contributed by atoms with Crippen LogP contribution in [-0.2, 0) is 9.59 Å². The van der Waals surface area contributed by atoms with Gasteiger partial charge in [0.05, 0.1) is 12.8 Å². The lowest BCUT2D eigenvalue weighted by atomic mass is 9.88. The van der Waals surface area contributed by atoms with E-state index in [4.69, 9.17) is 10.5 Å². The van der Waals surface area contributed by atoms with Crippen LogP contribution in [0.25, 0.3) is 0 Å². The molecule has 4 N–H and O–H groups in total. The highest BCUT2D eigenvalue weighted by Gasteiger charge is 2.22. The Hall–Kier alpha value is -2.57. The van der Waals surface area contributed by atoms with E-state index in [0.717, 1.165) is 31.2 Å². The van der Waals surface area contributed by atoms with Crippen molar-refractivity contribution in [1.82, 2.24) is 0 Å². The maximum absolute atomic E-state index is 12.6. The van der Waals surface area contributed by atoms with E-state index in [1.807, 2.05) is 30.3 Å². The number of ether oxygens (including phenoxy) is 1. The summed E-state index contributed by atoms with van der Waals surface area (Å²) in [5.41, 5.74) is 7.89. The molecule has 7 heteroatoms. The quantitative estimate of drug-likeness (QED) is 0.654. The number of carbonyl (C=O) groups is 2. The summed E-state index contributed by atoms with van der Waals surface area (Å²) < 4.78 is 5.36. The summed E-state index contributed by atoms with van der Waals surface area (Å²) in [6.07, 6.45) is 5.19. The summed E-state index contributed by atoms with van der Waals surface area (Å²) in [7, 11) is 1.55. The molecule has 1 aliphatic carbocycles. The predicted molar refractivity (Wildman–Crippen MR) is 117 cm³/mol. The number of hydrogen-bond acceptors (Lipinski definition) is 4. The maximum Gasteiger partial charge on any atom is 0.245 e. The average Bonchev–Trinajstić information content (AvgIpc) is 2.74. The Kier molecular flexibility index (Phi) is 8.49. The molecule has 1 saturated carbocycles. The second-order valence-electron chi connectivity index (χ2n) is 7.12. The third kappa shape index (κ3) is 5.95. The average molecular weight is 418 g/mol. The second-order valence-corrected chi connectivity index (χ2v) is 7.12. The number of methoxy groups -OCH3 is 1. The Labute approximate surface area is 177 Å². The molecular weight excluding hydrogens is 390 g/mol. The zero-order valence-corrected chi connectivity index (χ0v) is 17.3. The first-order valence-corrected chi connectivity index (χ1v) is 9.69. The summed E-state index contributed by atoms with van der Waals surface area (Å²) in [4.78, 5) is 25.1. The van der Waals surface area contributed by atoms with Crippen molar-refractivity contribution in [3.05, 3.63) is 54.1 Å². The van der Waals surface area contributed by atoms with E-state index >= 15 is 0 Å². The Bertz CT molecular complexity index is 823. The maximum atomic E-state index is 12.6. The van der Waals surface area contributed by atoms with Gasteiger partial charge in [-0.3, -0.25) is 9.59 Å². The molecule has 2 amide bonds. The normalized spacial score (nSPS) is 15.0. The minimum absolute atomic E-state index is 0. The molecule has 2 aromatic rings. The summed E-state index contributed by atoms with van der Waals surface area (Å²) >= 11 is 0. The lowest BCUT2D eigenvalue weighted by Gasteiger charge is -2.21. The zero-order valence-electron chi connectivity index (χ0n) is 16.5. The lowest BCUT2D eigenvalue weighted by molar-refractivity contribution is -0.120. The number of anilines is 2. The van der Waals surface area contributed by atoms with Crippen molar-refractivity contribution in [2.75, 3.05) is 17.7 Å². The van der Waals surface area contributed by atoms with Crippen molar-refractivity contribution in [2.45, 2.75) is 38.1 Å². The van der Waals surface area contributed by atoms with E-state index in [1.54, 1.807) is 25.3 Å². The van der Waals surface area contributed by atoms with Gasteiger partial charge in [-0.15, -0.1) is 12.4 Å². The molecule has 1 aliphatic rings. The Morgan fingerprint density at radius 3 is 2.38 bits per heavy atom. The molecule has 0 aromatic heterocycles. The fourth-order valence-electron chi connectivity index (χ4n) is 3.51. The molecule has 0 saturated heterocycles. The molecule has 0 bridgehead atoms. The Morgan fingerprint density at radius 1 is 1.03 bits per heavy atom. The molecule has 2 aromatic carbocycles. The van der Waals surface area contributed by atoms with Crippen LogP contribution in [0.1, 0.15) is 43.7 Å². The van der Waals surface area contributed by atoms with Crippen molar-refractivity contribution in [3.63, 3.8) is 0 Å². The highest BCUT2D eigenvalue weighted by atomic mass is 35.5. The van der Waals surface area contributed by atoms with Crippen LogP contribution in [0.3, 0.4) is 0 Å². The molecule has 156 valence electrons. The van der Waals surface area contributed by atoms with Crippen molar-refractivity contribution in [1.29, 1.82) is 0 Å². The molecule has 0 spiro atoms. The van der Waals surface area contributed by atoms with Crippen LogP contribution in [0.15, 0.2) is 48.5 Å². The van der Waals surface area contributed by atoms with E-state index in [0.29, 0.717) is 17.1 Å². The Morgan fingerprint density at radius 2 is 1.72 bits per heavy atom. The molecule has 1 fully saturated rings. The monoisotopic (exact) mass is 417 g/mol. The number of nitrogens with one attached hydrogen (secondary N) is 2. The van der Waals surface area contributed by atoms with Gasteiger partial charge in [-0.2, -0.15) is 0 Å². The van der Waals surface area contributed by atoms with Gasteiger partial charge in [-0.25, -0.2) is 0 Å². The van der Waals surface area contributed by atoms with E-state index in [2.05, 4.69) is 10.6 Å². The van der Waals surface area contributed by atoms with Crippen LogP contribution in [0, 0.1) is 5.92 Å². The van der Waals surface area contributed by atoms with Gasteiger partial charge in [0.2, 0.25) is 11.8 Å². The fourth-order valence-corrected chi connectivity index (χ4v) is 3.51. The second kappa shape index (κ2) is 10.8. The molecule has 3 rings (SSSR count). The van der Waals surface area contributed by atoms with Crippen LogP contribution >= 0.6 is 12.4 Å². The smallest absolute Gasteiger partial charge is 0.245 e. The molecule has 6 nitrogen and oxygen atoms in total. The van der Waals surface area contributed by atoms with Crippen molar-refractivity contribution in [3.8, 4) is 5.75 Å². The van der Waals surface area contributed by atoms with Gasteiger partial charge in [0.25, 0.3) is 0 Å². The van der Waals surface area contributed by atoms with Crippen molar-refractivity contribution < 1.29 is 14.3 Å². The van der Waals surface area contributed by atoms with Gasteiger partial charge in [0, 0.05) is 11.6 Å². The minimum atomic E-state index is -0.774. The van der Waals surface area contributed by atoms with Crippen molar-refractivity contribution in [2.24, 2.45) is 11.7 Å². The summed E-state index contributed by atoms with van der Waals surface area (Å²) in [5.74, 6) is 0.265. The van der Waals surface area contributed by atoms with E-state index in [9.17, 15) is 9.59 Å². The van der Waals surface area contributed by atoms with Gasteiger partial charge in [-0.05, 0) is 36.6 Å². The minimum Gasteiger partial charge on any atom is -0.495 e. The molecule has 0 aliphatic heterocycles. The molecule has 0 heterocycles. The number of hydrogen-bond donors (Lipinski definition) is 3. The van der Waals surface area contributed by atoms with Crippen LogP contribution in [0.2, 0.25) is 0 Å². The number of rotatable bonds is 6. The number of nitrogens with two attached hydrogens (primary N) is 1. The number of amides is 2. The van der Waals surface area contributed by atoms with Crippen LogP contribution in [-0.4, -0.2) is 18.9 Å². The highest BCUT2D eigenvalue weighted by molar-refractivity contribution is 5.98. The molecule has 1 unspecified atom stereocenters. The van der Waals surface area contributed by atoms with Gasteiger partial charge in [0.1, 0.15) is 11.8 Å². The third-order valence-electron chi connectivity index (χ3n) is 5.14. The van der Waals surface area contributed by atoms with Crippen LogP contribution in [0.4, 0.5) is 11.4 Å². The fraction of sp³-hybridized carbons (Fsp3) is 0.364. The summed E-state index contributed by atoms with van der Waals surface area (Å²) in [6, 6.07) is 13.6. The van der Waals surface area contributed by atoms with Gasteiger partial charge >= 0.3 is 0 Å². The summed E-state index contributed by atoms with van der Waals surface area (Å²) in [6.45, 7) is 0. The Balaban J connectivity index is 0.00000300. The van der Waals surface area contributed by atoms with Crippen LogP contribution in [0.5, 0.6) is 5.75 Å².